The van der Waals surface area contributed by atoms with Crippen molar-refractivity contribution in [2.24, 2.45) is 4.99 Å². The van der Waals surface area contributed by atoms with Crippen LogP contribution in [0.1, 0.15) is 41.6 Å². The summed E-state index contributed by atoms with van der Waals surface area (Å²) in [6.07, 6.45) is 1.66. The van der Waals surface area contributed by atoms with E-state index < -0.39 is 18.0 Å². The summed E-state index contributed by atoms with van der Waals surface area (Å²) >= 11 is 1.22. The lowest BCUT2D eigenvalue weighted by Crippen LogP contribution is -2.39. The lowest BCUT2D eigenvalue weighted by atomic mass is 9.96. The molecule has 0 bridgehead atoms. The number of esters is 2. The SMILES string of the molecule is CCOC(=O)C1=C(C)N=c2s/c(=C\c3ccc(-c4cccc(C(=O)OC)c4)o3)c(=O)n2C1c1ccccc1. The minimum absolute atomic E-state index is 0.213. The van der Waals surface area contributed by atoms with Crippen LogP contribution in [0.15, 0.2) is 92.2 Å². The Morgan fingerprint density at radius 1 is 1.08 bits per heavy atom. The highest BCUT2D eigenvalue weighted by Crippen LogP contribution is 2.30. The molecule has 1 aliphatic rings. The quantitative estimate of drug-likeness (QED) is 0.353. The second kappa shape index (κ2) is 10.5. The molecule has 2 aromatic carbocycles. The van der Waals surface area contributed by atoms with Crippen molar-refractivity contribution in [3.05, 3.63) is 115 Å². The Balaban J connectivity index is 1.59. The number of thiazole rings is 1. The summed E-state index contributed by atoms with van der Waals surface area (Å²) < 4.78 is 18.0. The predicted octanol–water partition coefficient (Wildman–Crippen LogP) is 3.84. The molecule has 38 heavy (non-hydrogen) atoms. The third-order valence-electron chi connectivity index (χ3n) is 6.10. The van der Waals surface area contributed by atoms with E-state index >= 15 is 0 Å². The Hall–Kier alpha value is -4.50. The molecule has 0 saturated carbocycles. The van der Waals surface area contributed by atoms with Gasteiger partial charge in [-0.25, -0.2) is 14.6 Å². The monoisotopic (exact) mass is 528 g/mol. The standard InChI is InChI=1S/C29H24N2O6S/c1-4-36-28(34)24-17(2)30-29-31(25(24)18-9-6-5-7-10-18)26(32)23(38-29)16-21-13-14-22(37-21)19-11-8-12-20(15-19)27(33)35-3/h5-16,25H,4H2,1-3H3/b23-16-. The van der Waals surface area contributed by atoms with Crippen molar-refractivity contribution in [3.8, 4) is 11.3 Å². The number of carbonyl (C=O) groups is 2. The van der Waals surface area contributed by atoms with Gasteiger partial charge in [0.2, 0.25) is 0 Å². The van der Waals surface area contributed by atoms with Crippen molar-refractivity contribution in [1.29, 1.82) is 0 Å². The Labute approximate surface area is 221 Å². The molecule has 0 saturated heterocycles. The van der Waals surface area contributed by atoms with E-state index in [4.69, 9.17) is 13.9 Å². The van der Waals surface area contributed by atoms with Gasteiger partial charge in [0.15, 0.2) is 4.80 Å². The van der Waals surface area contributed by atoms with E-state index in [1.165, 1.54) is 23.0 Å². The molecule has 4 aromatic rings. The molecule has 2 aromatic heterocycles. The molecule has 0 aliphatic carbocycles. The van der Waals surface area contributed by atoms with Crippen LogP contribution < -0.4 is 14.9 Å². The van der Waals surface area contributed by atoms with E-state index in [1.54, 1.807) is 50.3 Å². The van der Waals surface area contributed by atoms with E-state index in [0.29, 0.717) is 43.3 Å². The molecule has 1 atom stereocenters. The fourth-order valence-electron chi connectivity index (χ4n) is 4.37. The Bertz CT molecular complexity index is 1740. The molecule has 5 rings (SSSR count). The predicted molar refractivity (Wildman–Crippen MR) is 142 cm³/mol. The molecular formula is C29H24N2O6S. The molecule has 0 amide bonds. The summed E-state index contributed by atoms with van der Waals surface area (Å²) in [4.78, 5) is 43.6. The number of hydrogen-bond acceptors (Lipinski definition) is 8. The Kier molecular flexibility index (Phi) is 6.93. The molecule has 0 fully saturated rings. The lowest BCUT2D eigenvalue weighted by Gasteiger charge is -2.24. The average Bonchev–Trinajstić information content (AvgIpc) is 3.52. The van der Waals surface area contributed by atoms with E-state index in [2.05, 4.69) is 4.99 Å². The maximum absolute atomic E-state index is 13.7. The van der Waals surface area contributed by atoms with Gasteiger partial charge in [0.1, 0.15) is 11.5 Å². The minimum Gasteiger partial charge on any atom is -0.465 e. The molecule has 1 aliphatic heterocycles. The van der Waals surface area contributed by atoms with Gasteiger partial charge in [-0.15, -0.1) is 0 Å². The summed E-state index contributed by atoms with van der Waals surface area (Å²) in [6.45, 7) is 3.70. The number of rotatable bonds is 6. The summed E-state index contributed by atoms with van der Waals surface area (Å²) in [5.74, 6) is 0.0654. The molecule has 9 heteroatoms. The fraction of sp³-hybridized carbons (Fsp3) is 0.172. The average molecular weight is 529 g/mol. The van der Waals surface area contributed by atoms with Crippen LogP contribution in [-0.4, -0.2) is 30.2 Å². The van der Waals surface area contributed by atoms with Crippen LogP contribution in [-0.2, 0) is 14.3 Å². The highest BCUT2D eigenvalue weighted by Gasteiger charge is 2.33. The van der Waals surface area contributed by atoms with Crippen molar-refractivity contribution in [2.45, 2.75) is 19.9 Å². The van der Waals surface area contributed by atoms with Gasteiger partial charge in [0.25, 0.3) is 5.56 Å². The van der Waals surface area contributed by atoms with Crippen LogP contribution in [0.5, 0.6) is 0 Å². The third-order valence-corrected chi connectivity index (χ3v) is 7.08. The number of allylic oxidation sites excluding steroid dienone is 1. The zero-order valence-electron chi connectivity index (χ0n) is 21.0. The van der Waals surface area contributed by atoms with Gasteiger partial charge in [0.05, 0.1) is 41.1 Å². The van der Waals surface area contributed by atoms with Gasteiger partial charge in [-0.1, -0.05) is 53.8 Å². The van der Waals surface area contributed by atoms with Crippen molar-refractivity contribution < 1.29 is 23.5 Å². The summed E-state index contributed by atoms with van der Waals surface area (Å²) in [6, 6.07) is 19.1. The number of aromatic nitrogens is 1. The van der Waals surface area contributed by atoms with Gasteiger partial charge in [-0.2, -0.15) is 0 Å². The molecule has 8 nitrogen and oxygen atoms in total. The maximum atomic E-state index is 13.7. The van der Waals surface area contributed by atoms with Crippen molar-refractivity contribution in [3.63, 3.8) is 0 Å². The van der Waals surface area contributed by atoms with E-state index in [0.717, 1.165) is 5.56 Å². The van der Waals surface area contributed by atoms with Crippen LogP contribution in [0.3, 0.4) is 0 Å². The number of furan rings is 1. The second-order valence-corrected chi connectivity index (χ2v) is 9.50. The van der Waals surface area contributed by atoms with Crippen LogP contribution in [0.25, 0.3) is 17.4 Å². The summed E-state index contributed by atoms with van der Waals surface area (Å²) in [7, 11) is 1.33. The maximum Gasteiger partial charge on any atom is 0.338 e. The van der Waals surface area contributed by atoms with Crippen molar-refractivity contribution in [1.82, 2.24) is 4.57 Å². The fourth-order valence-corrected chi connectivity index (χ4v) is 5.40. The van der Waals surface area contributed by atoms with Crippen LogP contribution >= 0.6 is 11.3 Å². The summed E-state index contributed by atoms with van der Waals surface area (Å²) in [5, 5.41) is 0. The Morgan fingerprint density at radius 3 is 2.61 bits per heavy atom. The molecule has 192 valence electrons. The topological polar surface area (TPSA) is 100 Å². The number of benzene rings is 2. The minimum atomic E-state index is -0.665. The number of hydrogen-bond donors (Lipinski definition) is 0. The van der Waals surface area contributed by atoms with E-state index in [1.807, 2.05) is 36.4 Å². The zero-order valence-corrected chi connectivity index (χ0v) is 21.8. The Morgan fingerprint density at radius 2 is 1.87 bits per heavy atom. The van der Waals surface area contributed by atoms with Crippen LogP contribution in [0.4, 0.5) is 0 Å². The second-order valence-electron chi connectivity index (χ2n) is 8.49. The number of carbonyl (C=O) groups excluding carboxylic acids is 2. The smallest absolute Gasteiger partial charge is 0.338 e. The molecule has 1 unspecified atom stereocenters. The molecule has 0 spiro atoms. The largest absolute Gasteiger partial charge is 0.465 e. The van der Waals surface area contributed by atoms with Gasteiger partial charge in [-0.05, 0) is 43.7 Å². The molecular weight excluding hydrogens is 504 g/mol. The van der Waals surface area contributed by atoms with E-state index in [-0.39, 0.29) is 12.2 Å². The first-order valence-corrected chi connectivity index (χ1v) is 12.8. The lowest BCUT2D eigenvalue weighted by molar-refractivity contribution is -0.139. The first kappa shape index (κ1) is 25.2. The highest BCUT2D eigenvalue weighted by atomic mass is 32.1. The number of nitrogens with zero attached hydrogens (tertiary/aromatic N) is 2. The molecule has 0 N–H and O–H groups in total. The van der Waals surface area contributed by atoms with Gasteiger partial charge < -0.3 is 13.9 Å². The summed E-state index contributed by atoms with van der Waals surface area (Å²) in [5.41, 5.74) is 2.45. The zero-order chi connectivity index (χ0) is 26.8. The van der Waals surface area contributed by atoms with Crippen molar-refractivity contribution in [2.75, 3.05) is 13.7 Å². The normalized spacial score (nSPS) is 15.1. The van der Waals surface area contributed by atoms with Crippen LogP contribution in [0.2, 0.25) is 0 Å². The van der Waals surface area contributed by atoms with Gasteiger partial charge in [0, 0.05) is 11.6 Å². The van der Waals surface area contributed by atoms with Gasteiger partial charge >= 0.3 is 11.9 Å². The first-order chi connectivity index (χ1) is 18.4. The van der Waals surface area contributed by atoms with Crippen molar-refractivity contribution >= 4 is 29.4 Å². The van der Waals surface area contributed by atoms with E-state index in [9.17, 15) is 14.4 Å². The number of ether oxygens (including phenoxy) is 2. The molecule has 0 radical (unpaired) electrons. The first-order valence-electron chi connectivity index (χ1n) is 11.9. The van der Waals surface area contributed by atoms with Gasteiger partial charge in [-0.3, -0.25) is 9.36 Å². The number of fused-ring (bicyclic) bond motifs is 1. The molecule has 3 heterocycles. The highest BCUT2D eigenvalue weighted by molar-refractivity contribution is 7.07. The number of methoxy groups -OCH3 is 1. The van der Waals surface area contributed by atoms with Crippen LogP contribution in [0, 0.1) is 0 Å². The third kappa shape index (κ3) is 4.64.